The minimum Gasteiger partial charge on any atom is -0.456 e. The lowest BCUT2D eigenvalue weighted by molar-refractivity contribution is -0.147. The molecule has 3 aromatic rings. The summed E-state index contributed by atoms with van der Waals surface area (Å²) >= 11 is 0. The topological polar surface area (TPSA) is 72.5 Å². The lowest BCUT2D eigenvalue weighted by atomic mass is 9.99. The highest BCUT2D eigenvalue weighted by molar-refractivity contribution is 6.03. The summed E-state index contributed by atoms with van der Waals surface area (Å²) in [6, 6.07) is 18.9. The number of esters is 1. The molecule has 5 nitrogen and oxygen atoms in total. The average Bonchev–Trinajstić information content (AvgIpc) is 2.72. The number of ether oxygens (including phenoxy) is 1. The summed E-state index contributed by atoms with van der Waals surface area (Å²) in [6.07, 6.45) is -0.0121. The van der Waals surface area contributed by atoms with Gasteiger partial charge in [-0.3, -0.25) is 14.4 Å². The fraction of sp³-hybridized carbons (Fsp3) is 0.208. The molecule has 0 saturated carbocycles. The third-order valence-electron chi connectivity index (χ3n) is 4.68. The van der Waals surface area contributed by atoms with Crippen LogP contribution in [0.1, 0.15) is 34.3 Å². The van der Waals surface area contributed by atoms with Gasteiger partial charge in [-0.1, -0.05) is 54.1 Å². The fourth-order valence-electron chi connectivity index (χ4n) is 3.13. The van der Waals surface area contributed by atoms with Crippen molar-refractivity contribution in [2.24, 2.45) is 0 Å². The number of fused-ring (bicyclic) bond motifs is 1. The van der Waals surface area contributed by atoms with Crippen LogP contribution in [-0.4, -0.2) is 24.3 Å². The Labute approximate surface area is 169 Å². The lowest BCUT2D eigenvalue weighted by Gasteiger charge is -2.09. The van der Waals surface area contributed by atoms with E-state index in [1.807, 2.05) is 68.4 Å². The molecule has 0 aromatic heterocycles. The second-order valence-corrected chi connectivity index (χ2v) is 6.98. The van der Waals surface area contributed by atoms with Gasteiger partial charge in [0, 0.05) is 23.1 Å². The van der Waals surface area contributed by atoms with Crippen molar-refractivity contribution in [3.05, 3.63) is 77.4 Å². The number of amides is 1. The maximum atomic E-state index is 12.3. The van der Waals surface area contributed by atoms with E-state index in [2.05, 4.69) is 5.32 Å². The fourth-order valence-corrected chi connectivity index (χ4v) is 3.13. The zero-order valence-electron chi connectivity index (χ0n) is 16.5. The zero-order chi connectivity index (χ0) is 20.8. The van der Waals surface area contributed by atoms with E-state index in [4.69, 9.17) is 4.74 Å². The van der Waals surface area contributed by atoms with Crippen LogP contribution in [0.2, 0.25) is 0 Å². The van der Waals surface area contributed by atoms with Crippen LogP contribution in [0.4, 0.5) is 5.69 Å². The Bertz CT molecular complexity index is 1070. The molecule has 0 bridgehead atoms. The number of hydrogen-bond acceptors (Lipinski definition) is 4. The van der Waals surface area contributed by atoms with E-state index in [0.717, 1.165) is 21.9 Å². The molecule has 0 unspecified atom stereocenters. The van der Waals surface area contributed by atoms with Crippen molar-refractivity contribution in [1.29, 1.82) is 0 Å². The van der Waals surface area contributed by atoms with Crippen molar-refractivity contribution in [1.82, 2.24) is 0 Å². The summed E-state index contributed by atoms with van der Waals surface area (Å²) in [5, 5.41) is 4.68. The minimum absolute atomic E-state index is 0.0497. The Kier molecular flexibility index (Phi) is 6.39. The number of nitrogens with one attached hydrogen (secondary N) is 1. The average molecular weight is 389 g/mol. The zero-order valence-corrected chi connectivity index (χ0v) is 16.5. The summed E-state index contributed by atoms with van der Waals surface area (Å²) in [6.45, 7) is 3.39. The van der Waals surface area contributed by atoms with Crippen LogP contribution < -0.4 is 5.32 Å². The van der Waals surface area contributed by atoms with E-state index >= 15 is 0 Å². The molecule has 5 heteroatoms. The van der Waals surface area contributed by atoms with Gasteiger partial charge < -0.3 is 10.1 Å². The maximum absolute atomic E-state index is 12.3. The normalized spacial score (nSPS) is 10.6. The number of Topliss-reactive ketones (excluding diaryl/α,β-unsaturated/α-hetero) is 1. The van der Waals surface area contributed by atoms with E-state index < -0.39 is 11.9 Å². The van der Waals surface area contributed by atoms with Gasteiger partial charge in [-0.05, 0) is 36.9 Å². The largest absolute Gasteiger partial charge is 0.456 e. The highest BCUT2D eigenvalue weighted by Crippen LogP contribution is 2.22. The van der Waals surface area contributed by atoms with Gasteiger partial charge in [0.15, 0.2) is 12.4 Å². The molecule has 0 saturated heterocycles. The Morgan fingerprint density at radius 1 is 0.897 bits per heavy atom. The van der Waals surface area contributed by atoms with Gasteiger partial charge in [-0.25, -0.2) is 0 Å². The molecule has 0 atom stereocenters. The molecule has 148 valence electrons. The number of hydrogen-bond donors (Lipinski definition) is 1. The van der Waals surface area contributed by atoms with E-state index in [9.17, 15) is 14.4 Å². The van der Waals surface area contributed by atoms with Gasteiger partial charge in [-0.15, -0.1) is 0 Å². The first kappa shape index (κ1) is 20.3. The Hall–Kier alpha value is -3.47. The molecule has 0 aliphatic rings. The first-order chi connectivity index (χ1) is 13.9. The van der Waals surface area contributed by atoms with Crippen molar-refractivity contribution in [3.63, 3.8) is 0 Å². The predicted molar refractivity (Wildman–Crippen MR) is 113 cm³/mol. The van der Waals surface area contributed by atoms with Gasteiger partial charge in [-0.2, -0.15) is 0 Å². The number of carbonyl (C=O) groups is 3. The van der Waals surface area contributed by atoms with E-state index in [0.29, 0.717) is 11.3 Å². The second kappa shape index (κ2) is 9.15. The first-order valence-electron chi connectivity index (χ1n) is 9.48. The van der Waals surface area contributed by atoms with Crippen molar-refractivity contribution in [3.8, 4) is 0 Å². The van der Waals surface area contributed by atoms with Gasteiger partial charge in [0.05, 0.1) is 6.42 Å². The molecule has 3 rings (SSSR count). The van der Waals surface area contributed by atoms with Crippen LogP contribution in [0.15, 0.2) is 60.7 Å². The summed E-state index contributed by atoms with van der Waals surface area (Å²) in [7, 11) is 0. The number of ketones is 1. The van der Waals surface area contributed by atoms with E-state index in [1.54, 1.807) is 6.07 Å². The smallest absolute Gasteiger partial charge is 0.306 e. The Balaban J connectivity index is 1.49. The van der Waals surface area contributed by atoms with Crippen LogP contribution >= 0.6 is 0 Å². The van der Waals surface area contributed by atoms with Crippen LogP contribution in [0.25, 0.3) is 10.8 Å². The molecule has 0 radical (unpaired) electrons. The van der Waals surface area contributed by atoms with Crippen LogP contribution in [0, 0.1) is 13.8 Å². The van der Waals surface area contributed by atoms with Gasteiger partial charge >= 0.3 is 5.97 Å². The first-order valence-corrected chi connectivity index (χ1v) is 9.48. The number of anilines is 1. The molecule has 3 aromatic carbocycles. The Morgan fingerprint density at radius 3 is 2.48 bits per heavy atom. The number of benzene rings is 3. The number of aryl methyl sites for hydroxylation is 2. The second-order valence-electron chi connectivity index (χ2n) is 6.98. The predicted octanol–water partition coefficient (Wildman–Crippen LogP) is 4.60. The number of carbonyl (C=O) groups excluding carboxylic acids is 3. The van der Waals surface area contributed by atoms with Gasteiger partial charge in [0.25, 0.3) is 5.91 Å². The highest BCUT2D eigenvalue weighted by Gasteiger charge is 2.14. The third-order valence-corrected chi connectivity index (χ3v) is 4.68. The summed E-state index contributed by atoms with van der Waals surface area (Å²) in [4.78, 5) is 36.4. The van der Waals surface area contributed by atoms with Crippen LogP contribution in [0.3, 0.4) is 0 Å². The maximum Gasteiger partial charge on any atom is 0.306 e. The standard InChI is InChI=1S/C24H23NO4/c1-16-10-11-17(2)20(14-16)22(26)12-13-24(28)29-15-23(27)25-21-9-5-7-18-6-3-4-8-19(18)21/h3-11,14H,12-13,15H2,1-2H3,(H,25,27). The van der Waals surface area contributed by atoms with Crippen LogP contribution in [-0.2, 0) is 14.3 Å². The molecule has 0 aliphatic carbocycles. The summed E-state index contributed by atoms with van der Waals surface area (Å²) < 4.78 is 5.03. The molecular weight excluding hydrogens is 366 g/mol. The number of rotatable bonds is 7. The van der Waals surface area contributed by atoms with Gasteiger partial charge in [0.2, 0.25) is 0 Å². The molecule has 0 spiro atoms. The highest BCUT2D eigenvalue weighted by atomic mass is 16.5. The van der Waals surface area contributed by atoms with Gasteiger partial charge in [0.1, 0.15) is 0 Å². The van der Waals surface area contributed by atoms with Crippen molar-refractivity contribution in [2.45, 2.75) is 26.7 Å². The molecule has 0 aliphatic heterocycles. The summed E-state index contributed by atoms with van der Waals surface area (Å²) in [5.41, 5.74) is 3.15. The minimum atomic E-state index is -0.572. The summed E-state index contributed by atoms with van der Waals surface area (Å²) in [5.74, 6) is -1.10. The molecule has 1 amide bonds. The lowest BCUT2D eigenvalue weighted by Crippen LogP contribution is -2.21. The molecule has 0 heterocycles. The molecule has 1 N–H and O–H groups in total. The quantitative estimate of drug-likeness (QED) is 0.473. The van der Waals surface area contributed by atoms with Crippen molar-refractivity contribution >= 4 is 34.1 Å². The third kappa shape index (κ3) is 5.29. The Morgan fingerprint density at radius 2 is 1.66 bits per heavy atom. The van der Waals surface area contributed by atoms with Crippen molar-refractivity contribution < 1.29 is 19.1 Å². The molecule has 29 heavy (non-hydrogen) atoms. The van der Waals surface area contributed by atoms with E-state index in [1.165, 1.54) is 0 Å². The molecule has 0 fully saturated rings. The monoisotopic (exact) mass is 389 g/mol. The van der Waals surface area contributed by atoms with Crippen molar-refractivity contribution in [2.75, 3.05) is 11.9 Å². The van der Waals surface area contributed by atoms with E-state index in [-0.39, 0.29) is 25.2 Å². The molecular formula is C24H23NO4. The van der Waals surface area contributed by atoms with Crippen LogP contribution in [0.5, 0.6) is 0 Å². The SMILES string of the molecule is Cc1ccc(C)c(C(=O)CCC(=O)OCC(=O)Nc2cccc3ccccc23)c1.